The molecule has 0 amide bonds. The van der Waals surface area contributed by atoms with E-state index in [0.717, 1.165) is 12.1 Å². The molecule has 1 aliphatic rings. The van der Waals surface area contributed by atoms with Gasteiger partial charge in [0.15, 0.2) is 11.5 Å². The number of ether oxygens (including phenoxy) is 2. The Labute approximate surface area is 138 Å². The molecule has 0 spiro atoms. The summed E-state index contributed by atoms with van der Waals surface area (Å²) in [5.74, 6) is -0.827. The number of alkyl halides is 3. The summed E-state index contributed by atoms with van der Waals surface area (Å²) in [6.07, 6.45) is -4.59. The fourth-order valence-electron chi connectivity index (χ4n) is 2.60. The molecule has 1 atom stereocenters. The minimum Gasteiger partial charge on any atom is -0.493 e. The number of hydrogen-bond acceptors (Lipinski definition) is 4. The molecule has 0 aliphatic carbocycles. The maximum absolute atomic E-state index is 14.2. The van der Waals surface area contributed by atoms with Crippen LogP contribution in [0.5, 0.6) is 11.5 Å². The maximum atomic E-state index is 14.2. The highest BCUT2D eigenvalue weighted by Gasteiger charge is 2.46. The standard InChI is InChI=1S/C14H18F4N2O2.ClH/c1-21-11-7-9(10(15)8-12(11)22-2)13(14(16,17)18)20-5-3-19-4-6-20;/h7-8,13,19H,3-6H2,1-2H3;1H/t13-;/m1./s1. The van der Waals surface area contributed by atoms with Crippen LogP contribution in [0.15, 0.2) is 12.1 Å². The molecule has 2 rings (SSSR count). The van der Waals surface area contributed by atoms with Gasteiger partial charge in [-0.1, -0.05) is 0 Å². The number of halogens is 5. The topological polar surface area (TPSA) is 33.7 Å². The molecule has 0 bridgehead atoms. The molecule has 1 fully saturated rings. The van der Waals surface area contributed by atoms with Gasteiger partial charge in [0.25, 0.3) is 0 Å². The Bertz CT molecular complexity index is 522. The zero-order valence-electron chi connectivity index (χ0n) is 12.7. The summed E-state index contributed by atoms with van der Waals surface area (Å²) in [6.45, 7) is 1.25. The second-order valence-electron chi connectivity index (χ2n) is 4.96. The van der Waals surface area contributed by atoms with Crippen LogP contribution in [0.4, 0.5) is 17.6 Å². The highest BCUT2D eigenvalue weighted by atomic mass is 35.5. The van der Waals surface area contributed by atoms with Crippen LogP contribution in [0.3, 0.4) is 0 Å². The van der Waals surface area contributed by atoms with Crippen LogP contribution in [-0.2, 0) is 0 Å². The Kier molecular flexibility index (Phi) is 6.91. The monoisotopic (exact) mass is 358 g/mol. The summed E-state index contributed by atoms with van der Waals surface area (Å²) in [5, 5.41) is 2.98. The maximum Gasteiger partial charge on any atom is 0.408 e. The van der Waals surface area contributed by atoms with Gasteiger partial charge in [0, 0.05) is 37.8 Å². The Balaban J connectivity index is 0.00000264. The number of methoxy groups -OCH3 is 2. The van der Waals surface area contributed by atoms with Crippen molar-refractivity contribution in [3.05, 3.63) is 23.5 Å². The molecule has 0 aromatic heterocycles. The molecule has 9 heteroatoms. The largest absolute Gasteiger partial charge is 0.493 e. The van der Waals surface area contributed by atoms with E-state index >= 15 is 0 Å². The van der Waals surface area contributed by atoms with E-state index in [4.69, 9.17) is 9.47 Å². The molecule has 0 saturated carbocycles. The Morgan fingerprint density at radius 2 is 1.61 bits per heavy atom. The van der Waals surface area contributed by atoms with E-state index in [1.54, 1.807) is 0 Å². The molecule has 4 nitrogen and oxygen atoms in total. The third-order valence-corrected chi connectivity index (χ3v) is 3.62. The minimum atomic E-state index is -4.59. The van der Waals surface area contributed by atoms with Gasteiger partial charge in [-0.05, 0) is 6.07 Å². The van der Waals surface area contributed by atoms with Gasteiger partial charge >= 0.3 is 6.18 Å². The first-order valence-electron chi connectivity index (χ1n) is 6.81. The SMILES string of the molecule is COc1cc(F)c([C@@H](N2CCNCC2)C(F)(F)F)cc1OC.Cl. The van der Waals surface area contributed by atoms with Gasteiger partial charge in [0.05, 0.1) is 14.2 Å². The first kappa shape index (κ1) is 19.8. The smallest absolute Gasteiger partial charge is 0.408 e. The van der Waals surface area contributed by atoms with Crippen molar-refractivity contribution in [1.29, 1.82) is 0 Å². The van der Waals surface area contributed by atoms with Crippen molar-refractivity contribution >= 4 is 12.4 Å². The van der Waals surface area contributed by atoms with Crippen LogP contribution in [0, 0.1) is 5.82 Å². The van der Waals surface area contributed by atoms with Crippen LogP contribution in [0.2, 0.25) is 0 Å². The molecule has 1 aliphatic heterocycles. The Morgan fingerprint density at radius 1 is 1.09 bits per heavy atom. The highest BCUT2D eigenvalue weighted by Crippen LogP contribution is 2.42. The van der Waals surface area contributed by atoms with Gasteiger partial charge < -0.3 is 14.8 Å². The van der Waals surface area contributed by atoms with Crippen molar-refractivity contribution in [3.8, 4) is 11.5 Å². The number of rotatable bonds is 4. The van der Waals surface area contributed by atoms with Crippen molar-refractivity contribution < 1.29 is 27.0 Å². The van der Waals surface area contributed by atoms with E-state index in [2.05, 4.69) is 5.32 Å². The molecule has 0 unspecified atom stereocenters. The number of nitrogens with zero attached hydrogens (tertiary/aromatic N) is 1. The summed E-state index contributed by atoms with van der Waals surface area (Å²) in [5.41, 5.74) is -0.452. The van der Waals surface area contributed by atoms with E-state index in [1.165, 1.54) is 19.1 Å². The lowest BCUT2D eigenvalue weighted by molar-refractivity contribution is -0.188. The minimum absolute atomic E-state index is 0. The summed E-state index contributed by atoms with van der Waals surface area (Å²) in [4.78, 5) is 1.22. The average Bonchev–Trinajstić information content (AvgIpc) is 2.48. The molecule has 1 aromatic rings. The van der Waals surface area contributed by atoms with E-state index in [9.17, 15) is 17.6 Å². The van der Waals surface area contributed by atoms with Crippen molar-refractivity contribution in [2.24, 2.45) is 0 Å². The zero-order chi connectivity index (χ0) is 16.3. The van der Waals surface area contributed by atoms with Crippen LogP contribution < -0.4 is 14.8 Å². The molecule has 1 heterocycles. The van der Waals surface area contributed by atoms with Crippen LogP contribution in [-0.4, -0.2) is 51.5 Å². The van der Waals surface area contributed by atoms with Gasteiger partial charge in [-0.3, -0.25) is 4.90 Å². The number of benzene rings is 1. The first-order chi connectivity index (χ1) is 10.4. The molecule has 23 heavy (non-hydrogen) atoms. The van der Waals surface area contributed by atoms with E-state index in [0.29, 0.717) is 13.1 Å². The van der Waals surface area contributed by atoms with Crippen molar-refractivity contribution in [2.45, 2.75) is 12.2 Å². The van der Waals surface area contributed by atoms with Crippen molar-refractivity contribution in [3.63, 3.8) is 0 Å². The second-order valence-corrected chi connectivity index (χ2v) is 4.96. The van der Waals surface area contributed by atoms with Gasteiger partial charge in [-0.15, -0.1) is 12.4 Å². The second kappa shape index (κ2) is 8.03. The lowest BCUT2D eigenvalue weighted by Crippen LogP contribution is -2.49. The van der Waals surface area contributed by atoms with Crippen molar-refractivity contribution in [1.82, 2.24) is 10.2 Å². The van der Waals surface area contributed by atoms with Gasteiger partial charge in [0.1, 0.15) is 11.9 Å². The summed E-state index contributed by atoms with van der Waals surface area (Å²) >= 11 is 0. The van der Waals surface area contributed by atoms with Crippen molar-refractivity contribution in [2.75, 3.05) is 40.4 Å². The fraction of sp³-hybridized carbons (Fsp3) is 0.571. The van der Waals surface area contributed by atoms with Crippen LogP contribution >= 0.6 is 12.4 Å². The van der Waals surface area contributed by atoms with Crippen LogP contribution in [0.25, 0.3) is 0 Å². The van der Waals surface area contributed by atoms with Gasteiger partial charge in [-0.25, -0.2) is 4.39 Å². The number of hydrogen-bond donors (Lipinski definition) is 1. The summed E-state index contributed by atoms with van der Waals surface area (Å²) in [6, 6.07) is -0.0156. The van der Waals surface area contributed by atoms with E-state index in [-0.39, 0.29) is 37.0 Å². The molecule has 1 saturated heterocycles. The number of piperazine rings is 1. The zero-order valence-corrected chi connectivity index (χ0v) is 13.6. The number of nitrogens with one attached hydrogen (secondary N) is 1. The van der Waals surface area contributed by atoms with Gasteiger partial charge in [0.2, 0.25) is 0 Å². The van der Waals surface area contributed by atoms with E-state index < -0.39 is 23.6 Å². The molecule has 1 N–H and O–H groups in total. The Morgan fingerprint density at radius 3 is 2.09 bits per heavy atom. The lowest BCUT2D eigenvalue weighted by atomic mass is 10.0. The lowest BCUT2D eigenvalue weighted by Gasteiger charge is -2.36. The molecular weight excluding hydrogens is 340 g/mol. The predicted molar refractivity (Wildman–Crippen MR) is 80.0 cm³/mol. The normalized spacial score (nSPS) is 17.3. The Hall–Kier alpha value is -1.25. The molecular formula is C14H19ClF4N2O2. The summed E-state index contributed by atoms with van der Waals surface area (Å²) in [7, 11) is 2.60. The third-order valence-electron chi connectivity index (χ3n) is 3.62. The summed E-state index contributed by atoms with van der Waals surface area (Å²) < 4.78 is 64.6. The van der Waals surface area contributed by atoms with Gasteiger partial charge in [-0.2, -0.15) is 13.2 Å². The predicted octanol–water partition coefficient (Wildman–Crippen LogP) is 2.77. The van der Waals surface area contributed by atoms with E-state index in [1.807, 2.05) is 0 Å². The third kappa shape index (κ3) is 4.39. The quantitative estimate of drug-likeness (QED) is 0.839. The average molecular weight is 359 g/mol. The first-order valence-corrected chi connectivity index (χ1v) is 6.81. The highest BCUT2D eigenvalue weighted by molar-refractivity contribution is 5.85. The molecule has 0 radical (unpaired) electrons. The van der Waals surface area contributed by atoms with Crippen LogP contribution in [0.1, 0.15) is 11.6 Å². The fourth-order valence-corrected chi connectivity index (χ4v) is 2.60. The molecule has 1 aromatic carbocycles. The molecule has 132 valence electrons.